The minimum Gasteiger partial charge on any atom is -0.329 e. The molecule has 0 aromatic heterocycles. The van der Waals surface area contributed by atoms with Gasteiger partial charge >= 0.3 is 0 Å². The van der Waals surface area contributed by atoms with Crippen LogP contribution in [-0.4, -0.2) is 30.1 Å². The van der Waals surface area contributed by atoms with E-state index in [2.05, 4.69) is 19.2 Å². The number of rotatable bonds is 7. The molecule has 1 aliphatic heterocycles. The smallest absolute Gasteiger partial charge is 0.240 e. The van der Waals surface area contributed by atoms with Crippen LogP contribution < -0.4 is 5.32 Å². The first-order chi connectivity index (χ1) is 7.61. The van der Waals surface area contributed by atoms with Gasteiger partial charge in [0.1, 0.15) is 0 Å². The topological polar surface area (TPSA) is 32.3 Å². The molecule has 1 N–H and O–H groups in total. The van der Waals surface area contributed by atoms with E-state index in [4.69, 9.17) is 0 Å². The van der Waals surface area contributed by atoms with E-state index >= 15 is 0 Å². The SMILES string of the molecule is CC(C)CCCCCCN1CNC(C)C1=O. The van der Waals surface area contributed by atoms with Gasteiger partial charge in [-0.3, -0.25) is 10.1 Å². The summed E-state index contributed by atoms with van der Waals surface area (Å²) in [7, 11) is 0. The van der Waals surface area contributed by atoms with Gasteiger partial charge in [-0.25, -0.2) is 0 Å². The maximum absolute atomic E-state index is 11.6. The first kappa shape index (κ1) is 13.5. The molecule has 1 saturated heterocycles. The number of carbonyl (C=O) groups is 1. The van der Waals surface area contributed by atoms with Crippen LogP contribution in [0.15, 0.2) is 0 Å². The quantitative estimate of drug-likeness (QED) is 0.676. The highest BCUT2D eigenvalue weighted by molar-refractivity contribution is 5.83. The van der Waals surface area contributed by atoms with Crippen LogP contribution >= 0.6 is 0 Å². The molecule has 1 aliphatic rings. The molecule has 0 aliphatic carbocycles. The maximum atomic E-state index is 11.6. The lowest BCUT2D eigenvalue weighted by atomic mass is 10.0. The number of nitrogens with zero attached hydrogens (tertiary/aromatic N) is 1. The first-order valence-electron chi connectivity index (χ1n) is 6.63. The van der Waals surface area contributed by atoms with Crippen LogP contribution in [0.2, 0.25) is 0 Å². The summed E-state index contributed by atoms with van der Waals surface area (Å²) in [5.41, 5.74) is 0. The highest BCUT2D eigenvalue weighted by atomic mass is 16.2. The molecule has 1 atom stereocenters. The van der Waals surface area contributed by atoms with Gasteiger partial charge in [-0.1, -0.05) is 39.5 Å². The van der Waals surface area contributed by atoms with Crippen LogP contribution in [-0.2, 0) is 4.79 Å². The second-order valence-electron chi connectivity index (χ2n) is 5.28. The molecule has 0 bridgehead atoms. The molecular formula is C13H26N2O. The summed E-state index contributed by atoms with van der Waals surface area (Å²) in [5, 5.41) is 3.16. The van der Waals surface area contributed by atoms with Gasteiger partial charge in [0.05, 0.1) is 12.7 Å². The molecule has 3 heteroatoms. The average molecular weight is 226 g/mol. The molecule has 16 heavy (non-hydrogen) atoms. The summed E-state index contributed by atoms with van der Waals surface area (Å²) in [6.07, 6.45) is 6.38. The summed E-state index contributed by atoms with van der Waals surface area (Å²) in [6.45, 7) is 8.15. The van der Waals surface area contributed by atoms with Crippen LogP contribution in [0.4, 0.5) is 0 Å². The predicted octanol–water partition coefficient (Wildman–Crippen LogP) is 2.37. The zero-order chi connectivity index (χ0) is 12.0. The van der Waals surface area contributed by atoms with E-state index in [0.717, 1.165) is 25.6 Å². The van der Waals surface area contributed by atoms with E-state index in [-0.39, 0.29) is 11.9 Å². The number of hydrogen-bond donors (Lipinski definition) is 1. The van der Waals surface area contributed by atoms with Gasteiger partial charge < -0.3 is 4.90 Å². The van der Waals surface area contributed by atoms with Crippen LogP contribution in [0.1, 0.15) is 52.9 Å². The summed E-state index contributed by atoms with van der Waals surface area (Å²) in [5.74, 6) is 1.09. The maximum Gasteiger partial charge on any atom is 0.240 e. The zero-order valence-electron chi connectivity index (χ0n) is 11.0. The Labute approximate surface area is 99.6 Å². The van der Waals surface area contributed by atoms with E-state index in [1.807, 2.05) is 11.8 Å². The summed E-state index contributed by atoms with van der Waals surface area (Å²) in [4.78, 5) is 13.5. The Hall–Kier alpha value is -0.570. The minimum absolute atomic E-state index is 0.0286. The van der Waals surface area contributed by atoms with Crippen molar-refractivity contribution in [2.75, 3.05) is 13.2 Å². The average Bonchev–Trinajstić information content (AvgIpc) is 2.54. The fourth-order valence-electron chi connectivity index (χ4n) is 2.08. The van der Waals surface area contributed by atoms with Crippen molar-refractivity contribution in [1.82, 2.24) is 10.2 Å². The molecule has 3 nitrogen and oxygen atoms in total. The molecular weight excluding hydrogens is 200 g/mol. The molecule has 0 aromatic rings. The molecule has 0 radical (unpaired) electrons. The van der Waals surface area contributed by atoms with Crippen molar-refractivity contribution in [3.63, 3.8) is 0 Å². The standard InChI is InChI=1S/C13H26N2O/c1-11(2)8-6-4-5-7-9-15-10-14-12(3)13(15)16/h11-12,14H,4-10H2,1-3H3. The van der Waals surface area contributed by atoms with Gasteiger partial charge in [-0.05, 0) is 19.3 Å². The highest BCUT2D eigenvalue weighted by Crippen LogP contribution is 2.11. The fourth-order valence-corrected chi connectivity index (χ4v) is 2.08. The molecule has 0 saturated carbocycles. The molecule has 1 heterocycles. The zero-order valence-corrected chi connectivity index (χ0v) is 11.0. The van der Waals surface area contributed by atoms with Crippen LogP contribution in [0, 0.1) is 5.92 Å². The van der Waals surface area contributed by atoms with Crippen molar-refractivity contribution in [1.29, 1.82) is 0 Å². The highest BCUT2D eigenvalue weighted by Gasteiger charge is 2.26. The lowest BCUT2D eigenvalue weighted by Crippen LogP contribution is -2.29. The Morgan fingerprint density at radius 3 is 2.56 bits per heavy atom. The lowest BCUT2D eigenvalue weighted by Gasteiger charge is -2.14. The Balaban J connectivity index is 1.97. The van der Waals surface area contributed by atoms with Gasteiger partial charge in [-0.15, -0.1) is 0 Å². The number of nitrogens with one attached hydrogen (secondary N) is 1. The van der Waals surface area contributed by atoms with Gasteiger partial charge in [0.25, 0.3) is 0 Å². The predicted molar refractivity (Wildman–Crippen MR) is 67.1 cm³/mol. The van der Waals surface area contributed by atoms with E-state index < -0.39 is 0 Å². The molecule has 1 rings (SSSR count). The Bertz CT molecular complexity index is 216. The second-order valence-corrected chi connectivity index (χ2v) is 5.28. The molecule has 1 amide bonds. The normalized spacial score (nSPS) is 21.1. The summed E-state index contributed by atoms with van der Waals surface area (Å²) < 4.78 is 0. The second kappa shape index (κ2) is 6.89. The van der Waals surface area contributed by atoms with Gasteiger partial charge in [0.15, 0.2) is 0 Å². The van der Waals surface area contributed by atoms with Crippen molar-refractivity contribution in [2.45, 2.75) is 58.9 Å². The molecule has 0 aromatic carbocycles. The minimum atomic E-state index is 0.0286. The third-order valence-corrected chi connectivity index (χ3v) is 3.23. The van der Waals surface area contributed by atoms with Crippen molar-refractivity contribution in [3.8, 4) is 0 Å². The van der Waals surface area contributed by atoms with E-state index in [9.17, 15) is 4.79 Å². The Morgan fingerprint density at radius 1 is 1.31 bits per heavy atom. The first-order valence-corrected chi connectivity index (χ1v) is 6.63. The summed E-state index contributed by atoms with van der Waals surface area (Å²) >= 11 is 0. The summed E-state index contributed by atoms with van der Waals surface area (Å²) in [6, 6.07) is 0.0286. The fraction of sp³-hybridized carbons (Fsp3) is 0.923. The monoisotopic (exact) mass is 226 g/mol. The van der Waals surface area contributed by atoms with Gasteiger partial charge in [-0.2, -0.15) is 0 Å². The van der Waals surface area contributed by atoms with E-state index in [1.54, 1.807) is 0 Å². The van der Waals surface area contributed by atoms with Gasteiger partial charge in [0, 0.05) is 6.54 Å². The molecule has 1 fully saturated rings. The van der Waals surface area contributed by atoms with Crippen LogP contribution in [0.3, 0.4) is 0 Å². The third kappa shape index (κ3) is 4.52. The van der Waals surface area contributed by atoms with E-state index in [1.165, 1.54) is 25.7 Å². The van der Waals surface area contributed by atoms with Crippen LogP contribution in [0.25, 0.3) is 0 Å². The van der Waals surface area contributed by atoms with Crippen molar-refractivity contribution >= 4 is 5.91 Å². The lowest BCUT2D eigenvalue weighted by molar-refractivity contribution is -0.128. The molecule has 1 unspecified atom stereocenters. The number of amides is 1. The van der Waals surface area contributed by atoms with E-state index in [0.29, 0.717) is 0 Å². The number of unbranched alkanes of at least 4 members (excludes halogenated alkanes) is 3. The van der Waals surface area contributed by atoms with Crippen molar-refractivity contribution in [2.24, 2.45) is 5.92 Å². The van der Waals surface area contributed by atoms with Gasteiger partial charge in [0.2, 0.25) is 5.91 Å². The molecule has 0 spiro atoms. The van der Waals surface area contributed by atoms with Crippen LogP contribution in [0.5, 0.6) is 0 Å². The Morgan fingerprint density at radius 2 is 2.00 bits per heavy atom. The number of hydrogen-bond acceptors (Lipinski definition) is 2. The Kier molecular flexibility index (Phi) is 5.81. The molecule has 94 valence electrons. The van der Waals surface area contributed by atoms with Crippen molar-refractivity contribution < 1.29 is 4.79 Å². The number of carbonyl (C=O) groups excluding carboxylic acids is 1. The van der Waals surface area contributed by atoms with Crippen molar-refractivity contribution in [3.05, 3.63) is 0 Å². The largest absolute Gasteiger partial charge is 0.329 e. The third-order valence-electron chi connectivity index (χ3n) is 3.23.